The molecule has 0 unspecified atom stereocenters. The molecule has 0 amide bonds. The van der Waals surface area contributed by atoms with Crippen LogP contribution in [-0.4, -0.2) is 32.3 Å². The molecule has 0 atom stereocenters. The van der Waals surface area contributed by atoms with E-state index in [4.69, 9.17) is 9.84 Å². The number of ether oxygens (including phenoxy) is 1. The van der Waals surface area contributed by atoms with Crippen molar-refractivity contribution in [1.29, 1.82) is 0 Å². The lowest BCUT2D eigenvalue weighted by Crippen LogP contribution is -2.26. The van der Waals surface area contributed by atoms with Crippen LogP contribution in [0.15, 0.2) is 0 Å². The van der Waals surface area contributed by atoms with Gasteiger partial charge in [0.1, 0.15) is 6.10 Å². The largest absolute Gasteiger partial charge is 0.469 e. The molecule has 0 aliphatic heterocycles. The molecule has 1 saturated carbocycles. The summed E-state index contributed by atoms with van der Waals surface area (Å²) in [5.74, 6) is 0.910. The zero-order valence-electron chi connectivity index (χ0n) is 11.2. The average molecular weight is 269 g/mol. The summed E-state index contributed by atoms with van der Waals surface area (Å²) in [5.41, 5.74) is 0. The van der Waals surface area contributed by atoms with E-state index < -0.39 is 4.92 Å². The third-order valence-electron chi connectivity index (χ3n) is 3.75. The molecule has 1 aromatic heterocycles. The van der Waals surface area contributed by atoms with Gasteiger partial charge in [-0.1, -0.05) is 0 Å². The molecule has 1 aliphatic carbocycles. The Morgan fingerprint density at radius 2 is 2.11 bits per heavy atom. The lowest BCUT2D eigenvalue weighted by atomic mass is 9.88. The minimum atomic E-state index is -0.512. The highest BCUT2D eigenvalue weighted by Gasteiger charge is 2.29. The first-order valence-electron chi connectivity index (χ1n) is 6.48. The maximum Gasteiger partial charge on any atom is 0.426 e. The van der Waals surface area contributed by atoms with E-state index in [0.717, 1.165) is 25.7 Å². The molecule has 0 aromatic carbocycles. The predicted octanol–water partition coefficient (Wildman–Crippen LogP) is 1.57. The molecule has 2 rings (SSSR count). The molecule has 0 radical (unpaired) electrons. The number of aryl methyl sites for hydroxylation is 1. The molecule has 7 nitrogen and oxygen atoms in total. The standard InChI is InChI=1S/C12H19N3O4/c1-8-13-11(15(17)18)12(14(8)2)19-10-5-3-9(7-16)4-6-10/h9-10,16H,3-7H2,1-2H3. The van der Waals surface area contributed by atoms with E-state index in [1.165, 1.54) is 0 Å². The SMILES string of the molecule is Cc1nc([N+](=O)[O-])c(OC2CCC(CO)CC2)n1C. The third kappa shape index (κ3) is 2.86. The fourth-order valence-electron chi connectivity index (χ4n) is 2.41. The van der Waals surface area contributed by atoms with Gasteiger partial charge in [-0.2, -0.15) is 0 Å². The van der Waals surface area contributed by atoms with Gasteiger partial charge in [-0.15, -0.1) is 0 Å². The number of nitro groups is 1. The first kappa shape index (κ1) is 13.8. The third-order valence-corrected chi connectivity index (χ3v) is 3.75. The van der Waals surface area contributed by atoms with E-state index in [0.29, 0.717) is 11.7 Å². The number of rotatable bonds is 4. The molecule has 1 N–H and O–H groups in total. The van der Waals surface area contributed by atoms with Crippen molar-refractivity contribution in [3.8, 4) is 5.88 Å². The summed E-state index contributed by atoms with van der Waals surface area (Å²) in [6.07, 6.45) is 3.38. The quantitative estimate of drug-likeness (QED) is 0.661. The van der Waals surface area contributed by atoms with Crippen molar-refractivity contribution < 1.29 is 14.8 Å². The molecule has 0 spiro atoms. The Hall–Kier alpha value is -1.63. The highest BCUT2D eigenvalue weighted by Crippen LogP contribution is 2.32. The Labute approximate surface area is 111 Å². The summed E-state index contributed by atoms with van der Waals surface area (Å²) in [5, 5.41) is 20.0. The monoisotopic (exact) mass is 269 g/mol. The Balaban J connectivity index is 2.09. The van der Waals surface area contributed by atoms with Gasteiger partial charge in [0.15, 0.2) is 0 Å². The Morgan fingerprint density at radius 3 is 2.63 bits per heavy atom. The molecule has 1 aromatic rings. The fraction of sp³-hybridized carbons (Fsp3) is 0.750. The molecule has 1 fully saturated rings. The van der Waals surface area contributed by atoms with Crippen LogP contribution in [0.5, 0.6) is 5.88 Å². The number of hydrogen-bond donors (Lipinski definition) is 1. The van der Waals surface area contributed by atoms with Gasteiger partial charge in [0.2, 0.25) is 5.82 Å². The van der Waals surface area contributed by atoms with Crippen molar-refractivity contribution in [3.63, 3.8) is 0 Å². The highest BCUT2D eigenvalue weighted by atomic mass is 16.6. The molecule has 1 aliphatic rings. The lowest BCUT2D eigenvalue weighted by Gasteiger charge is -2.27. The normalized spacial score (nSPS) is 23.3. The number of aromatic nitrogens is 2. The van der Waals surface area contributed by atoms with E-state index in [9.17, 15) is 10.1 Å². The summed E-state index contributed by atoms with van der Waals surface area (Å²) < 4.78 is 7.38. The van der Waals surface area contributed by atoms with Gasteiger partial charge >= 0.3 is 5.82 Å². The summed E-state index contributed by atoms with van der Waals surface area (Å²) in [7, 11) is 1.71. The molecule has 19 heavy (non-hydrogen) atoms. The van der Waals surface area contributed by atoms with Crippen LogP contribution in [0.1, 0.15) is 31.5 Å². The molecular formula is C12H19N3O4. The lowest BCUT2D eigenvalue weighted by molar-refractivity contribution is -0.390. The van der Waals surface area contributed by atoms with Crippen LogP contribution >= 0.6 is 0 Å². The molecule has 1 heterocycles. The summed E-state index contributed by atoms with van der Waals surface area (Å²) >= 11 is 0. The smallest absolute Gasteiger partial charge is 0.426 e. The Morgan fingerprint density at radius 1 is 1.47 bits per heavy atom. The van der Waals surface area contributed by atoms with E-state index in [1.807, 2.05) is 0 Å². The van der Waals surface area contributed by atoms with Crippen LogP contribution in [0.4, 0.5) is 5.82 Å². The molecule has 0 saturated heterocycles. The maximum atomic E-state index is 10.9. The first-order chi connectivity index (χ1) is 9.02. The Bertz CT molecular complexity index is 464. The van der Waals surface area contributed by atoms with Gasteiger partial charge in [-0.3, -0.25) is 4.57 Å². The van der Waals surface area contributed by atoms with E-state index in [-0.39, 0.29) is 24.4 Å². The van der Waals surface area contributed by atoms with Crippen molar-refractivity contribution in [2.75, 3.05) is 6.61 Å². The highest BCUT2D eigenvalue weighted by molar-refractivity contribution is 5.36. The zero-order chi connectivity index (χ0) is 14.0. The first-order valence-corrected chi connectivity index (χ1v) is 6.48. The topological polar surface area (TPSA) is 90.4 Å². The van der Waals surface area contributed by atoms with Crippen molar-refractivity contribution in [2.24, 2.45) is 13.0 Å². The van der Waals surface area contributed by atoms with Crippen LogP contribution in [0.2, 0.25) is 0 Å². The number of aliphatic hydroxyl groups excluding tert-OH is 1. The van der Waals surface area contributed by atoms with Gasteiger partial charge in [0.05, 0.1) is 0 Å². The number of aliphatic hydroxyl groups is 1. The number of hydrogen-bond acceptors (Lipinski definition) is 5. The second-order valence-electron chi connectivity index (χ2n) is 5.05. The zero-order valence-corrected chi connectivity index (χ0v) is 11.2. The second kappa shape index (κ2) is 5.56. The van der Waals surface area contributed by atoms with Crippen LogP contribution in [0, 0.1) is 23.0 Å². The molecular weight excluding hydrogens is 250 g/mol. The Kier molecular flexibility index (Phi) is 4.04. The van der Waals surface area contributed by atoms with Crippen LogP contribution < -0.4 is 4.74 Å². The van der Waals surface area contributed by atoms with Gasteiger partial charge in [0, 0.05) is 20.6 Å². The second-order valence-corrected chi connectivity index (χ2v) is 5.05. The van der Waals surface area contributed by atoms with Crippen molar-refractivity contribution in [1.82, 2.24) is 9.55 Å². The van der Waals surface area contributed by atoms with Crippen molar-refractivity contribution >= 4 is 5.82 Å². The summed E-state index contributed by atoms with van der Waals surface area (Å²) in [4.78, 5) is 14.3. The molecule has 106 valence electrons. The molecule has 0 bridgehead atoms. The van der Waals surface area contributed by atoms with Gasteiger partial charge in [0.25, 0.3) is 5.88 Å². The van der Waals surface area contributed by atoms with Crippen molar-refractivity contribution in [2.45, 2.75) is 38.7 Å². The summed E-state index contributed by atoms with van der Waals surface area (Å²) in [6, 6.07) is 0. The minimum absolute atomic E-state index is 0.0312. The van der Waals surface area contributed by atoms with Crippen molar-refractivity contribution in [3.05, 3.63) is 15.9 Å². The number of imidazole rings is 1. The van der Waals surface area contributed by atoms with Crippen LogP contribution in [-0.2, 0) is 7.05 Å². The van der Waals surface area contributed by atoms with Crippen LogP contribution in [0.3, 0.4) is 0 Å². The number of nitrogens with zero attached hydrogens (tertiary/aromatic N) is 3. The van der Waals surface area contributed by atoms with E-state index >= 15 is 0 Å². The van der Waals surface area contributed by atoms with Crippen LogP contribution in [0.25, 0.3) is 0 Å². The van der Waals surface area contributed by atoms with E-state index in [1.54, 1.807) is 18.5 Å². The maximum absolute atomic E-state index is 10.9. The average Bonchev–Trinajstić information content (AvgIpc) is 2.68. The van der Waals surface area contributed by atoms with Gasteiger partial charge < -0.3 is 20.0 Å². The van der Waals surface area contributed by atoms with Gasteiger partial charge in [-0.25, -0.2) is 0 Å². The minimum Gasteiger partial charge on any atom is -0.469 e. The summed E-state index contributed by atoms with van der Waals surface area (Å²) in [6.45, 7) is 1.92. The molecule has 7 heteroatoms. The van der Waals surface area contributed by atoms with E-state index in [2.05, 4.69) is 4.98 Å². The van der Waals surface area contributed by atoms with Gasteiger partial charge in [-0.05, 0) is 41.5 Å². The predicted molar refractivity (Wildman–Crippen MR) is 68.1 cm³/mol. The fourth-order valence-corrected chi connectivity index (χ4v) is 2.41.